The van der Waals surface area contributed by atoms with E-state index in [1.165, 1.54) is 6.07 Å². The van der Waals surface area contributed by atoms with Gasteiger partial charge >= 0.3 is 6.18 Å². The van der Waals surface area contributed by atoms with Crippen molar-refractivity contribution in [1.82, 2.24) is 9.97 Å². The normalized spacial score (nSPS) is 11.5. The minimum Gasteiger partial charge on any atom is -0.396 e. The van der Waals surface area contributed by atoms with Gasteiger partial charge in [-0.25, -0.2) is 9.97 Å². The Bertz CT molecular complexity index is 426. The zero-order valence-corrected chi connectivity index (χ0v) is 12.0. The van der Waals surface area contributed by atoms with Crippen molar-refractivity contribution in [2.24, 2.45) is 0 Å². The van der Waals surface area contributed by atoms with E-state index in [4.69, 9.17) is 5.11 Å². The molecule has 0 spiro atoms. The number of anilines is 2. The van der Waals surface area contributed by atoms with Crippen LogP contribution in [-0.4, -0.2) is 34.8 Å². The van der Waals surface area contributed by atoms with E-state index in [1.807, 2.05) is 0 Å². The maximum absolute atomic E-state index is 12.7. The highest BCUT2D eigenvalue weighted by atomic mass is 19.4. The third kappa shape index (κ3) is 6.61. The molecular weight excluding hydrogens is 285 g/mol. The summed E-state index contributed by atoms with van der Waals surface area (Å²) in [5.74, 6) is -0.832. The van der Waals surface area contributed by atoms with E-state index in [-0.39, 0.29) is 18.2 Å². The molecule has 0 atom stereocenters. The van der Waals surface area contributed by atoms with Crippen LogP contribution in [0.5, 0.6) is 0 Å². The molecule has 0 saturated carbocycles. The molecule has 0 aliphatic rings. The molecule has 5 nitrogen and oxygen atoms in total. The third-order valence-electron chi connectivity index (χ3n) is 2.73. The van der Waals surface area contributed by atoms with Gasteiger partial charge in [-0.15, -0.1) is 0 Å². The minimum absolute atomic E-state index is 0.155. The van der Waals surface area contributed by atoms with Crippen molar-refractivity contribution in [3.05, 3.63) is 11.9 Å². The Morgan fingerprint density at radius 1 is 1.05 bits per heavy atom. The molecule has 0 amide bonds. The quantitative estimate of drug-likeness (QED) is 0.612. The first-order valence-corrected chi connectivity index (χ1v) is 7.02. The first-order valence-electron chi connectivity index (χ1n) is 7.02. The molecule has 21 heavy (non-hydrogen) atoms. The lowest BCUT2D eigenvalue weighted by Crippen LogP contribution is -2.15. The predicted octanol–water partition coefficient (Wildman–Crippen LogP) is 2.89. The molecule has 0 saturated heterocycles. The third-order valence-corrected chi connectivity index (χ3v) is 2.73. The number of nitrogens with one attached hydrogen (secondary N) is 2. The van der Waals surface area contributed by atoms with Gasteiger partial charge in [0.25, 0.3) is 0 Å². The van der Waals surface area contributed by atoms with Gasteiger partial charge in [-0.1, -0.05) is 12.8 Å². The fraction of sp³-hybridized carbons (Fsp3) is 0.692. The number of aliphatic hydroxyl groups is 1. The second-order valence-electron chi connectivity index (χ2n) is 4.55. The van der Waals surface area contributed by atoms with Crippen molar-refractivity contribution in [1.29, 1.82) is 0 Å². The molecule has 1 heterocycles. The maximum Gasteiger partial charge on any atom is 0.451 e. The van der Waals surface area contributed by atoms with E-state index in [2.05, 4.69) is 20.6 Å². The predicted molar refractivity (Wildman–Crippen MR) is 75.2 cm³/mol. The summed E-state index contributed by atoms with van der Waals surface area (Å²) in [5, 5.41) is 14.3. The Morgan fingerprint density at radius 2 is 1.67 bits per heavy atom. The summed E-state index contributed by atoms with van der Waals surface area (Å²) in [4.78, 5) is 6.94. The summed E-state index contributed by atoms with van der Waals surface area (Å²) in [5.41, 5.74) is 0. The molecule has 1 rings (SSSR count). The fourth-order valence-corrected chi connectivity index (χ4v) is 1.74. The number of hydrogen-bond acceptors (Lipinski definition) is 5. The molecule has 8 heteroatoms. The van der Waals surface area contributed by atoms with Crippen LogP contribution in [0.3, 0.4) is 0 Å². The van der Waals surface area contributed by atoms with E-state index in [9.17, 15) is 13.2 Å². The van der Waals surface area contributed by atoms with E-state index in [1.54, 1.807) is 6.92 Å². The summed E-state index contributed by atoms with van der Waals surface area (Å²) in [7, 11) is 0. The number of alkyl halides is 3. The Kier molecular flexibility index (Phi) is 7.21. The van der Waals surface area contributed by atoms with Crippen LogP contribution in [-0.2, 0) is 6.18 Å². The molecule has 0 fully saturated rings. The van der Waals surface area contributed by atoms with E-state index >= 15 is 0 Å². The number of rotatable bonds is 9. The van der Waals surface area contributed by atoms with Crippen LogP contribution in [0.1, 0.15) is 38.4 Å². The van der Waals surface area contributed by atoms with Crippen LogP contribution < -0.4 is 10.6 Å². The topological polar surface area (TPSA) is 70.1 Å². The summed E-state index contributed by atoms with van der Waals surface area (Å²) in [6, 6.07) is 1.46. The Balaban J connectivity index is 2.61. The number of hydrogen-bond donors (Lipinski definition) is 3. The lowest BCUT2D eigenvalue weighted by molar-refractivity contribution is -0.144. The summed E-state index contributed by atoms with van der Waals surface area (Å²) >= 11 is 0. The first kappa shape index (κ1) is 17.5. The number of halogens is 3. The number of aromatic nitrogens is 2. The van der Waals surface area contributed by atoms with Crippen molar-refractivity contribution < 1.29 is 18.3 Å². The molecule has 3 N–H and O–H groups in total. The monoisotopic (exact) mass is 306 g/mol. The van der Waals surface area contributed by atoms with E-state index < -0.39 is 12.0 Å². The average molecular weight is 306 g/mol. The van der Waals surface area contributed by atoms with Crippen LogP contribution in [0.15, 0.2) is 6.07 Å². The standard InChI is InChI=1S/C13H21F3N4O/c1-2-17-10-9-11(18-7-5-3-4-6-8-21)20-12(19-10)13(14,15)16/h9,21H,2-8H2,1H3,(H2,17,18,19,20). The van der Waals surface area contributed by atoms with Gasteiger partial charge in [0.1, 0.15) is 11.6 Å². The lowest BCUT2D eigenvalue weighted by atomic mass is 10.2. The molecule has 0 aliphatic carbocycles. The smallest absolute Gasteiger partial charge is 0.396 e. The Labute approximate surface area is 122 Å². The van der Waals surface area contributed by atoms with Gasteiger partial charge in [-0.2, -0.15) is 13.2 Å². The molecule has 0 unspecified atom stereocenters. The van der Waals surface area contributed by atoms with Gasteiger partial charge in [-0.05, 0) is 19.8 Å². The molecule has 0 bridgehead atoms. The molecule has 1 aromatic rings. The van der Waals surface area contributed by atoms with Gasteiger partial charge in [0.2, 0.25) is 5.82 Å². The average Bonchev–Trinajstić information content (AvgIpc) is 2.42. The van der Waals surface area contributed by atoms with Gasteiger partial charge in [0.05, 0.1) is 0 Å². The second-order valence-corrected chi connectivity index (χ2v) is 4.55. The van der Waals surface area contributed by atoms with Gasteiger partial charge in [-0.3, -0.25) is 0 Å². The molecule has 0 aromatic carbocycles. The molecular formula is C13H21F3N4O. The molecule has 0 aliphatic heterocycles. The zero-order valence-electron chi connectivity index (χ0n) is 12.0. The lowest BCUT2D eigenvalue weighted by Gasteiger charge is -2.12. The number of unbranched alkanes of at least 4 members (excludes halogenated alkanes) is 3. The minimum atomic E-state index is -4.57. The van der Waals surface area contributed by atoms with Crippen molar-refractivity contribution >= 4 is 11.6 Å². The number of nitrogens with zero attached hydrogens (tertiary/aromatic N) is 2. The van der Waals surface area contributed by atoms with Crippen LogP contribution in [0.4, 0.5) is 24.8 Å². The Hall–Kier alpha value is -1.57. The fourth-order valence-electron chi connectivity index (χ4n) is 1.74. The number of aliphatic hydroxyl groups excluding tert-OH is 1. The van der Waals surface area contributed by atoms with Crippen molar-refractivity contribution in [3.8, 4) is 0 Å². The van der Waals surface area contributed by atoms with Crippen molar-refractivity contribution in [2.45, 2.75) is 38.8 Å². The van der Waals surface area contributed by atoms with Crippen LogP contribution in [0.2, 0.25) is 0 Å². The van der Waals surface area contributed by atoms with Gasteiger partial charge in [0.15, 0.2) is 0 Å². The highest BCUT2D eigenvalue weighted by molar-refractivity contribution is 5.47. The molecule has 0 radical (unpaired) electrons. The Morgan fingerprint density at radius 3 is 2.24 bits per heavy atom. The first-order chi connectivity index (χ1) is 9.97. The summed E-state index contributed by atoms with van der Waals surface area (Å²) in [6.07, 6.45) is -1.20. The van der Waals surface area contributed by atoms with Crippen LogP contribution >= 0.6 is 0 Å². The second kappa shape index (κ2) is 8.66. The molecule has 1 aromatic heterocycles. The van der Waals surface area contributed by atoms with Crippen molar-refractivity contribution in [3.63, 3.8) is 0 Å². The highest BCUT2D eigenvalue weighted by Crippen LogP contribution is 2.28. The summed E-state index contributed by atoms with van der Waals surface area (Å²) < 4.78 is 38.1. The van der Waals surface area contributed by atoms with E-state index in [0.29, 0.717) is 13.1 Å². The van der Waals surface area contributed by atoms with Crippen LogP contribution in [0.25, 0.3) is 0 Å². The summed E-state index contributed by atoms with van der Waals surface area (Å²) in [6.45, 7) is 2.96. The SMILES string of the molecule is CCNc1cc(NCCCCCCO)nc(C(F)(F)F)n1. The largest absolute Gasteiger partial charge is 0.451 e. The van der Waals surface area contributed by atoms with Gasteiger partial charge < -0.3 is 15.7 Å². The van der Waals surface area contributed by atoms with Gasteiger partial charge in [0, 0.05) is 25.8 Å². The van der Waals surface area contributed by atoms with Crippen LogP contribution in [0, 0.1) is 0 Å². The maximum atomic E-state index is 12.7. The van der Waals surface area contributed by atoms with Crippen molar-refractivity contribution in [2.75, 3.05) is 30.3 Å². The molecule has 120 valence electrons. The van der Waals surface area contributed by atoms with E-state index in [0.717, 1.165) is 25.7 Å². The highest BCUT2D eigenvalue weighted by Gasteiger charge is 2.35. The zero-order chi connectivity index (χ0) is 15.7.